The highest BCUT2D eigenvalue weighted by atomic mass is 16.5. The fourth-order valence-corrected chi connectivity index (χ4v) is 1.80. The molecule has 0 atom stereocenters. The van der Waals surface area contributed by atoms with Crippen molar-refractivity contribution in [3.05, 3.63) is 6.33 Å². The molecular formula is C13H24N4O. The van der Waals surface area contributed by atoms with E-state index in [1.54, 1.807) is 13.4 Å². The van der Waals surface area contributed by atoms with Crippen LogP contribution in [0, 0.1) is 5.92 Å². The van der Waals surface area contributed by atoms with Crippen LogP contribution in [0.4, 0.5) is 11.6 Å². The van der Waals surface area contributed by atoms with Gasteiger partial charge in [0.05, 0.1) is 7.11 Å². The van der Waals surface area contributed by atoms with Gasteiger partial charge in [0, 0.05) is 13.1 Å². The Kier molecular flexibility index (Phi) is 6.25. The Morgan fingerprint density at radius 2 is 1.72 bits per heavy atom. The van der Waals surface area contributed by atoms with Gasteiger partial charge in [-0.05, 0) is 12.8 Å². The van der Waals surface area contributed by atoms with Crippen molar-refractivity contribution in [2.45, 2.75) is 33.6 Å². The van der Waals surface area contributed by atoms with Gasteiger partial charge in [-0.15, -0.1) is 0 Å². The summed E-state index contributed by atoms with van der Waals surface area (Å²) in [4.78, 5) is 8.43. The third kappa shape index (κ3) is 3.75. The van der Waals surface area contributed by atoms with E-state index in [-0.39, 0.29) is 0 Å². The zero-order chi connectivity index (χ0) is 13.4. The van der Waals surface area contributed by atoms with Crippen LogP contribution in [-0.2, 0) is 0 Å². The van der Waals surface area contributed by atoms with Gasteiger partial charge in [0.1, 0.15) is 6.33 Å². The second-order valence-corrected chi connectivity index (χ2v) is 4.20. The fraction of sp³-hybridized carbons (Fsp3) is 0.692. The molecule has 0 saturated carbocycles. The summed E-state index contributed by atoms with van der Waals surface area (Å²) < 4.78 is 5.38. The van der Waals surface area contributed by atoms with Crippen molar-refractivity contribution in [1.82, 2.24) is 9.97 Å². The van der Waals surface area contributed by atoms with Crippen LogP contribution >= 0.6 is 0 Å². The van der Waals surface area contributed by atoms with Crippen molar-refractivity contribution in [2.75, 3.05) is 30.8 Å². The van der Waals surface area contributed by atoms with Crippen molar-refractivity contribution in [3.8, 4) is 5.75 Å². The zero-order valence-corrected chi connectivity index (χ0v) is 11.8. The molecule has 0 aliphatic rings. The minimum Gasteiger partial charge on any atom is -0.490 e. The largest absolute Gasteiger partial charge is 0.490 e. The molecule has 0 saturated heterocycles. The summed E-state index contributed by atoms with van der Waals surface area (Å²) in [5, 5.41) is 6.52. The molecule has 0 spiro atoms. The molecular weight excluding hydrogens is 228 g/mol. The molecule has 0 unspecified atom stereocenters. The van der Waals surface area contributed by atoms with Crippen molar-refractivity contribution in [3.63, 3.8) is 0 Å². The van der Waals surface area contributed by atoms with Crippen LogP contribution in [0.1, 0.15) is 33.6 Å². The van der Waals surface area contributed by atoms with E-state index in [1.165, 1.54) is 0 Å². The second-order valence-electron chi connectivity index (χ2n) is 4.20. The first-order valence-electron chi connectivity index (χ1n) is 6.63. The van der Waals surface area contributed by atoms with Crippen LogP contribution in [0.2, 0.25) is 0 Å². The van der Waals surface area contributed by atoms with Crippen molar-refractivity contribution in [1.29, 1.82) is 0 Å². The average molecular weight is 252 g/mol. The first-order chi connectivity index (χ1) is 8.76. The highest BCUT2D eigenvalue weighted by Gasteiger charge is 2.12. The first-order valence-corrected chi connectivity index (χ1v) is 6.63. The van der Waals surface area contributed by atoms with Crippen LogP contribution in [-0.4, -0.2) is 30.2 Å². The molecule has 1 aromatic rings. The molecule has 0 aliphatic carbocycles. The minimum absolute atomic E-state index is 0.659. The predicted octanol–water partition coefficient (Wildman–Crippen LogP) is 2.77. The smallest absolute Gasteiger partial charge is 0.204 e. The number of nitrogens with zero attached hydrogens (tertiary/aromatic N) is 2. The fourth-order valence-electron chi connectivity index (χ4n) is 1.80. The maximum atomic E-state index is 5.38. The van der Waals surface area contributed by atoms with Crippen LogP contribution in [0.15, 0.2) is 6.33 Å². The Balaban J connectivity index is 2.78. The van der Waals surface area contributed by atoms with Crippen molar-refractivity contribution < 1.29 is 4.74 Å². The van der Waals surface area contributed by atoms with Crippen LogP contribution in [0.3, 0.4) is 0 Å². The molecule has 2 N–H and O–H groups in total. The second kappa shape index (κ2) is 7.74. The van der Waals surface area contributed by atoms with Gasteiger partial charge in [-0.3, -0.25) is 0 Å². The molecule has 0 aromatic carbocycles. The van der Waals surface area contributed by atoms with E-state index >= 15 is 0 Å². The molecule has 1 rings (SSSR count). The summed E-state index contributed by atoms with van der Waals surface area (Å²) in [6.07, 6.45) is 3.88. The van der Waals surface area contributed by atoms with Crippen LogP contribution < -0.4 is 15.4 Å². The summed E-state index contributed by atoms with van der Waals surface area (Å²) in [6.45, 7) is 8.15. The Morgan fingerprint density at radius 3 is 2.22 bits per heavy atom. The predicted molar refractivity (Wildman–Crippen MR) is 75.3 cm³/mol. The highest BCUT2D eigenvalue weighted by Crippen LogP contribution is 2.29. The van der Waals surface area contributed by atoms with E-state index < -0.39 is 0 Å². The quantitative estimate of drug-likeness (QED) is 0.745. The van der Waals surface area contributed by atoms with Crippen LogP contribution in [0.5, 0.6) is 5.75 Å². The van der Waals surface area contributed by atoms with Gasteiger partial charge in [0.25, 0.3) is 0 Å². The van der Waals surface area contributed by atoms with Crippen LogP contribution in [0.25, 0.3) is 0 Å². The number of hydrogen-bond donors (Lipinski definition) is 2. The number of ether oxygens (including phenoxy) is 1. The number of aromatic nitrogens is 2. The standard InChI is InChI=1S/C13H24N4O/c1-5-10(6-2)8-15-13-11(18-4)12(14-7-3)16-9-17-13/h9-10H,5-8H2,1-4H3,(H2,14,15,16,17). The molecule has 0 fully saturated rings. The highest BCUT2D eigenvalue weighted by molar-refractivity contribution is 5.63. The lowest BCUT2D eigenvalue weighted by Gasteiger charge is -2.16. The van der Waals surface area contributed by atoms with E-state index in [0.29, 0.717) is 11.7 Å². The average Bonchev–Trinajstić information content (AvgIpc) is 2.40. The maximum Gasteiger partial charge on any atom is 0.204 e. The van der Waals surface area contributed by atoms with Gasteiger partial charge < -0.3 is 15.4 Å². The van der Waals surface area contributed by atoms with Gasteiger partial charge in [-0.25, -0.2) is 9.97 Å². The van der Waals surface area contributed by atoms with Gasteiger partial charge in [-0.2, -0.15) is 0 Å². The van der Waals surface area contributed by atoms with Gasteiger partial charge in [-0.1, -0.05) is 26.7 Å². The third-order valence-corrected chi connectivity index (χ3v) is 3.07. The molecule has 1 heterocycles. The number of anilines is 2. The minimum atomic E-state index is 0.659. The van der Waals surface area contributed by atoms with Crippen molar-refractivity contribution >= 4 is 11.6 Å². The maximum absolute atomic E-state index is 5.38. The van der Waals surface area contributed by atoms with Gasteiger partial charge >= 0.3 is 0 Å². The molecule has 18 heavy (non-hydrogen) atoms. The lowest BCUT2D eigenvalue weighted by molar-refractivity contribution is 0.413. The zero-order valence-electron chi connectivity index (χ0n) is 11.8. The molecule has 0 aliphatic heterocycles. The molecule has 102 valence electrons. The molecule has 5 nitrogen and oxygen atoms in total. The summed E-state index contributed by atoms with van der Waals surface area (Å²) in [5.41, 5.74) is 0. The Bertz CT molecular complexity index is 353. The molecule has 1 aromatic heterocycles. The number of hydrogen-bond acceptors (Lipinski definition) is 5. The van der Waals surface area contributed by atoms with E-state index in [0.717, 1.165) is 37.6 Å². The Labute approximate surface area is 109 Å². The van der Waals surface area contributed by atoms with E-state index in [4.69, 9.17) is 4.74 Å². The lowest BCUT2D eigenvalue weighted by atomic mass is 10.0. The summed E-state index contributed by atoms with van der Waals surface area (Å²) in [5.74, 6) is 2.84. The Hall–Kier alpha value is -1.52. The summed E-state index contributed by atoms with van der Waals surface area (Å²) >= 11 is 0. The van der Waals surface area contributed by atoms with E-state index in [1.807, 2.05) is 6.92 Å². The topological polar surface area (TPSA) is 59.1 Å². The number of nitrogens with one attached hydrogen (secondary N) is 2. The first kappa shape index (κ1) is 14.5. The summed E-state index contributed by atoms with van der Waals surface area (Å²) in [6, 6.07) is 0. The van der Waals surface area contributed by atoms with Gasteiger partial charge in [0.2, 0.25) is 5.75 Å². The number of methoxy groups -OCH3 is 1. The lowest BCUT2D eigenvalue weighted by Crippen LogP contribution is -2.15. The molecule has 0 amide bonds. The number of rotatable bonds is 8. The van der Waals surface area contributed by atoms with E-state index in [9.17, 15) is 0 Å². The van der Waals surface area contributed by atoms with Gasteiger partial charge in [0.15, 0.2) is 11.6 Å². The normalized spacial score (nSPS) is 10.5. The van der Waals surface area contributed by atoms with Crippen molar-refractivity contribution in [2.24, 2.45) is 5.92 Å². The summed E-state index contributed by atoms with van der Waals surface area (Å²) in [7, 11) is 1.64. The molecule has 0 bridgehead atoms. The van der Waals surface area contributed by atoms with E-state index in [2.05, 4.69) is 34.4 Å². The molecule has 5 heteroatoms. The molecule has 0 radical (unpaired) electrons. The Morgan fingerprint density at radius 1 is 1.11 bits per heavy atom. The SMILES string of the molecule is CCNc1ncnc(NCC(CC)CC)c1OC. The monoisotopic (exact) mass is 252 g/mol. The third-order valence-electron chi connectivity index (χ3n) is 3.07.